The minimum absolute atomic E-state index is 0.104. The van der Waals surface area contributed by atoms with E-state index in [1.165, 1.54) is 18.2 Å². The Kier molecular flexibility index (Phi) is 5.26. The van der Waals surface area contributed by atoms with Gasteiger partial charge >= 0.3 is 5.69 Å². The van der Waals surface area contributed by atoms with E-state index in [0.717, 1.165) is 0 Å². The number of hydrogen-bond acceptors (Lipinski definition) is 5. The van der Waals surface area contributed by atoms with Crippen LogP contribution in [0.3, 0.4) is 0 Å². The summed E-state index contributed by atoms with van der Waals surface area (Å²) in [5.41, 5.74) is 0.127. The first-order valence-electron chi connectivity index (χ1n) is 5.96. The molecule has 0 saturated carbocycles. The molecule has 0 radical (unpaired) electrons. The molecule has 0 bridgehead atoms. The smallest absolute Gasteiger partial charge is 0.310 e. The molecule has 0 heterocycles. The van der Waals surface area contributed by atoms with Gasteiger partial charge in [0.15, 0.2) is 5.75 Å². The van der Waals surface area contributed by atoms with Crippen molar-refractivity contribution in [3.05, 3.63) is 33.9 Å². The molecule has 6 nitrogen and oxygen atoms in total. The lowest BCUT2D eigenvalue weighted by atomic mass is 10.1. The highest BCUT2D eigenvalue weighted by Crippen LogP contribution is 2.28. The number of aliphatic hydroxyl groups is 1. The first kappa shape index (κ1) is 15.4. The molecule has 0 aromatic heterocycles. The van der Waals surface area contributed by atoms with E-state index >= 15 is 0 Å². The van der Waals surface area contributed by atoms with Gasteiger partial charge in [-0.2, -0.15) is 0 Å². The lowest BCUT2D eigenvalue weighted by Crippen LogP contribution is -2.25. The lowest BCUT2D eigenvalue weighted by molar-refractivity contribution is -0.385. The second-order valence-electron chi connectivity index (χ2n) is 4.78. The predicted octanol–water partition coefficient (Wildman–Crippen LogP) is 2.28. The number of nitrogens with zero attached hydrogens (tertiary/aromatic N) is 1. The van der Waals surface area contributed by atoms with Gasteiger partial charge < -0.3 is 14.6 Å². The van der Waals surface area contributed by atoms with Gasteiger partial charge in [0.25, 0.3) is 0 Å². The Morgan fingerprint density at radius 3 is 2.63 bits per heavy atom. The normalized spacial score (nSPS) is 11.4. The van der Waals surface area contributed by atoms with Crippen molar-refractivity contribution >= 4 is 5.69 Å². The van der Waals surface area contributed by atoms with Crippen LogP contribution >= 0.6 is 0 Å². The largest absolute Gasteiger partial charge is 0.487 e. The van der Waals surface area contributed by atoms with Crippen LogP contribution in [-0.2, 0) is 11.3 Å². The molecule has 0 spiro atoms. The van der Waals surface area contributed by atoms with E-state index in [4.69, 9.17) is 14.6 Å². The lowest BCUT2D eigenvalue weighted by Gasteiger charge is -2.22. The summed E-state index contributed by atoms with van der Waals surface area (Å²) < 4.78 is 10.7. The van der Waals surface area contributed by atoms with Crippen molar-refractivity contribution in [3.8, 4) is 5.75 Å². The molecular weight excluding hydrogens is 250 g/mol. The number of nitro benzene ring substituents is 1. The summed E-state index contributed by atoms with van der Waals surface area (Å²) in [5, 5.41) is 19.9. The molecular formula is C13H19NO5. The van der Waals surface area contributed by atoms with E-state index in [1.807, 2.05) is 13.8 Å². The molecule has 0 unspecified atom stereocenters. The zero-order valence-electron chi connectivity index (χ0n) is 11.4. The van der Waals surface area contributed by atoms with Crippen molar-refractivity contribution in [1.29, 1.82) is 0 Å². The number of hydrogen-bond donors (Lipinski definition) is 1. The first-order valence-corrected chi connectivity index (χ1v) is 5.96. The van der Waals surface area contributed by atoms with Crippen LogP contribution in [0.4, 0.5) is 5.69 Å². The Labute approximate surface area is 112 Å². The third kappa shape index (κ3) is 4.50. The van der Waals surface area contributed by atoms with Crippen molar-refractivity contribution in [1.82, 2.24) is 0 Å². The monoisotopic (exact) mass is 269 g/mol. The maximum Gasteiger partial charge on any atom is 0.310 e. The molecule has 0 saturated heterocycles. The highest BCUT2D eigenvalue weighted by Gasteiger charge is 2.19. The van der Waals surface area contributed by atoms with Crippen LogP contribution in [-0.4, -0.2) is 29.3 Å². The molecule has 106 valence electrons. The van der Waals surface area contributed by atoms with E-state index < -0.39 is 4.92 Å². The topological polar surface area (TPSA) is 81.8 Å². The number of rotatable bonds is 7. The van der Waals surface area contributed by atoms with E-state index in [1.54, 1.807) is 7.11 Å². The molecule has 0 aliphatic carbocycles. The van der Waals surface area contributed by atoms with Crippen LogP contribution in [0.2, 0.25) is 0 Å². The Hall–Kier alpha value is -1.66. The van der Waals surface area contributed by atoms with Gasteiger partial charge in [-0.3, -0.25) is 10.1 Å². The quantitative estimate of drug-likeness (QED) is 0.606. The Balaban J connectivity index is 2.78. The maximum absolute atomic E-state index is 10.9. The van der Waals surface area contributed by atoms with Crippen LogP contribution in [0, 0.1) is 10.1 Å². The number of aliphatic hydroxyl groups excluding tert-OH is 1. The average molecular weight is 269 g/mol. The highest BCUT2D eigenvalue weighted by atomic mass is 16.6. The molecule has 0 fully saturated rings. The third-order valence-corrected chi connectivity index (χ3v) is 2.92. The van der Waals surface area contributed by atoms with Gasteiger partial charge in [0.2, 0.25) is 0 Å². The van der Waals surface area contributed by atoms with Crippen molar-refractivity contribution in [2.45, 2.75) is 32.5 Å². The van der Waals surface area contributed by atoms with Gasteiger partial charge in [0, 0.05) is 19.6 Å². The Morgan fingerprint density at radius 1 is 1.42 bits per heavy atom. The fourth-order valence-corrected chi connectivity index (χ4v) is 1.43. The van der Waals surface area contributed by atoms with Gasteiger partial charge in [-0.25, -0.2) is 0 Å². The van der Waals surface area contributed by atoms with Crippen molar-refractivity contribution < 1.29 is 19.5 Å². The average Bonchev–Trinajstić information content (AvgIpc) is 2.38. The predicted molar refractivity (Wildman–Crippen MR) is 70.2 cm³/mol. The zero-order chi connectivity index (χ0) is 14.5. The number of ether oxygens (including phenoxy) is 2. The van der Waals surface area contributed by atoms with Crippen molar-refractivity contribution in [3.63, 3.8) is 0 Å². The Morgan fingerprint density at radius 2 is 2.11 bits per heavy atom. The summed E-state index contributed by atoms with van der Waals surface area (Å²) in [5.74, 6) is 0.170. The van der Waals surface area contributed by atoms with Gasteiger partial charge in [0.05, 0.1) is 23.7 Å². The molecule has 1 aromatic carbocycles. The first-order chi connectivity index (χ1) is 8.89. The summed E-state index contributed by atoms with van der Waals surface area (Å²) in [4.78, 5) is 10.4. The minimum atomic E-state index is -0.502. The summed E-state index contributed by atoms with van der Waals surface area (Å²) in [7, 11) is 1.61. The summed E-state index contributed by atoms with van der Waals surface area (Å²) in [6.45, 7) is 3.94. The SMILES string of the molecule is COC(C)(C)CCOc1cc(CO)ccc1[N+](=O)[O-]. The number of nitro groups is 1. The molecule has 1 rings (SSSR count). The van der Waals surface area contributed by atoms with Gasteiger partial charge in [-0.05, 0) is 31.5 Å². The molecule has 0 aliphatic heterocycles. The van der Waals surface area contributed by atoms with Crippen LogP contribution in [0.5, 0.6) is 5.75 Å². The third-order valence-electron chi connectivity index (χ3n) is 2.92. The van der Waals surface area contributed by atoms with Crippen LogP contribution in [0.15, 0.2) is 18.2 Å². The van der Waals surface area contributed by atoms with Gasteiger partial charge in [-0.15, -0.1) is 0 Å². The standard InChI is InChI=1S/C13H19NO5/c1-13(2,18-3)6-7-19-12-8-10(9-15)4-5-11(12)14(16)17/h4-5,8,15H,6-7,9H2,1-3H3. The minimum Gasteiger partial charge on any atom is -0.487 e. The number of benzene rings is 1. The fourth-order valence-electron chi connectivity index (χ4n) is 1.43. The zero-order valence-corrected chi connectivity index (χ0v) is 11.4. The number of methoxy groups -OCH3 is 1. The fraction of sp³-hybridized carbons (Fsp3) is 0.538. The van der Waals surface area contributed by atoms with Crippen molar-refractivity contribution in [2.75, 3.05) is 13.7 Å². The summed E-state index contributed by atoms with van der Waals surface area (Å²) in [6, 6.07) is 4.32. The van der Waals surface area contributed by atoms with Crippen LogP contribution in [0.25, 0.3) is 0 Å². The second-order valence-corrected chi connectivity index (χ2v) is 4.78. The van der Waals surface area contributed by atoms with Gasteiger partial charge in [-0.1, -0.05) is 0 Å². The molecule has 0 amide bonds. The second kappa shape index (κ2) is 6.49. The van der Waals surface area contributed by atoms with Gasteiger partial charge in [0.1, 0.15) is 0 Å². The highest BCUT2D eigenvalue weighted by molar-refractivity contribution is 5.48. The van der Waals surface area contributed by atoms with Crippen molar-refractivity contribution in [2.24, 2.45) is 0 Å². The summed E-state index contributed by atoms with van der Waals surface area (Å²) >= 11 is 0. The van der Waals surface area contributed by atoms with E-state index in [2.05, 4.69) is 0 Å². The van der Waals surface area contributed by atoms with E-state index in [9.17, 15) is 10.1 Å². The molecule has 1 aromatic rings. The maximum atomic E-state index is 10.9. The molecule has 6 heteroatoms. The molecule has 1 N–H and O–H groups in total. The van der Waals surface area contributed by atoms with E-state index in [-0.39, 0.29) is 23.6 Å². The Bertz CT molecular complexity index is 445. The molecule has 19 heavy (non-hydrogen) atoms. The van der Waals surface area contributed by atoms with E-state index in [0.29, 0.717) is 18.6 Å². The molecule has 0 atom stereocenters. The summed E-state index contributed by atoms with van der Waals surface area (Å²) in [6.07, 6.45) is 0.601. The molecule has 0 aliphatic rings. The van der Waals surface area contributed by atoms with Crippen LogP contribution in [0.1, 0.15) is 25.8 Å². The van der Waals surface area contributed by atoms with Crippen LogP contribution < -0.4 is 4.74 Å².